The molecule has 2 amide bonds. The van der Waals surface area contributed by atoms with Gasteiger partial charge in [0.05, 0.1) is 24.2 Å². The van der Waals surface area contributed by atoms with Crippen molar-refractivity contribution in [1.29, 1.82) is 0 Å². The van der Waals surface area contributed by atoms with Gasteiger partial charge in [0, 0.05) is 5.54 Å². The molecule has 0 aliphatic carbocycles. The largest absolute Gasteiger partial charge is 0.467 e. The third kappa shape index (κ3) is 7.40. The molecule has 1 heterocycles. The summed E-state index contributed by atoms with van der Waals surface area (Å²) >= 11 is 0. The molecule has 33 heavy (non-hydrogen) atoms. The maximum Gasteiger partial charge on any atom is 0.243 e. The predicted molar refractivity (Wildman–Crippen MR) is 122 cm³/mol. The topological polar surface area (TPSA) is 109 Å². The lowest BCUT2D eigenvalue weighted by Gasteiger charge is -2.36. The average Bonchev–Trinajstić information content (AvgIpc) is 3.24. The van der Waals surface area contributed by atoms with Crippen LogP contribution in [0.4, 0.5) is 4.39 Å². The second kappa shape index (κ2) is 10.9. The molecule has 2 aromatic rings. The summed E-state index contributed by atoms with van der Waals surface area (Å²) in [6.45, 7) is 8.76. The molecular formula is C23H32FN3O5S. The summed E-state index contributed by atoms with van der Waals surface area (Å²) in [6, 6.07) is 6.75. The molecule has 0 radical (unpaired) electrons. The Kier molecular flexibility index (Phi) is 8.79. The van der Waals surface area contributed by atoms with E-state index in [0.717, 1.165) is 24.3 Å². The van der Waals surface area contributed by atoms with Crippen molar-refractivity contribution in [2.45, 2.75) is 64.1 Å². The van der Waals surface area contributed by atoms with Crippen molar-refractivity contribution in [3.05, 3.63) is 54.2 Å². The molecule has 2 N–H and O–H groups in total. The first-order valence-corrected chi connectivity index (χ1v) is 12.2. The Balaban J connectivity index is 2.28. The number of halogens is 1. The number of furan rings is 1. The fourth-order valence-electron chi connectivity index (χ4n) is 3.17. The second-order valence-electron chi connectivity index (χ2n) is 8.80. The molecule has 0 bridgehead atoms. The van der Waals surface area contributed by atoms with E-state index in [9.17, 15) is 22.4 Å². The zero-order valence-electron chi connectivity index (χ0n) is 19.6. The fourth-order valence-corrected chi connectivity index (χ4v) is 4.14. The molecule has 8 nitrogen and oxygen atoms in total. The maximum absolute atomic E-state index is 13.2. The Morgan fingerprint density at radius 2 is 1.79 bits per heavy atom. The van der Waals surface area contributed by atoms with E-state index in [-0.39, 0.29) is 23.3 Å². The highest BCUT2D eigenvalue weighted by Crippen LogP contribution is 2.19. The van der Waals surface area contributed by atoms with Crippen LogP contribution in [0.1, 0.15) is 46.8 Å². The van der Waals surface area contributed by atoms with Gasteiger partial charge in [0.2, 0.25) is 21.8 Å². The second-order valence-corrected chi connectivity index (χ2v) is 10.6. The molecule has 0 aliphatic rings. The molecule has 10 heteroatoms. The zero-order chi connectivity index (χ0) is 24.8. The van der Waals surface area contributed by atoms with Crippen molar-refractivity contribution < 1.29 is 26.8 Å². The van der Waals surface area contributed by atoms with Gasteiger partial charge in [0.15, 0.2) is 0 Å². The number of rotatable bonds is 11. The maximum atomic E-state index is 13.2. The third-order valence-corrected chi connectivity index (χ3v) is 6.76. The first-order chi connectivity index (χ1) is 15.4. The van der Waals surface area contributed by atoms with Crippen molar-refractivity contribution >= 4 is 21.8 Å². The van der Waals surface area contributed by atoms with Gasteiger partial charge in [0.1, 0.15) is 17.6 Å². The number of nitrogens with zero attached hydrogens (tertiary/aromatic N) is 1. The molecular weight excluding hydrogens is 449 g/mol. The van der Waals surface area contributed by atoms with Gasteiger partial charge in [-0.2, -0.15) is 0 Å². The van der Waals surface area contributed by atoms with Gasteiger partial charge in [-0.1, -0.05) is 20.8 Å². The highest BCUT2D eigenvalue weighted by atomic mass is 32.2. The number of benzene rings is 1. The smallest absolute Gasteiger partial charge is 0.243 e. The minimum absolute atomic E-state index is 0.00701. The number of carbonyl (C=O) groups is 2. The first-order valence-electron chi connectivity index (χ1n) is 10.8. The zero-order valence-corrected chi connectivity index (χ0v) is 20.4. The summed E-state index contributed by atoms with van der Waals surface area (Å²) < 4.78 is 45.8. The molecule has 0 aliphatic heterocycles. The summed E-state index contributed by atoms with van der Waals surface area (Å²) in [7, 11) is -4.05. The Morgan fingerprint density at radius 3 is 2.30 bits per heavy atom. The Labute approximate surface area is 194 Å². The lowest BCUT2D eigenvalue weighted by Crippen LogP contribution is -2.57. The number of sulfonamides is 1. The monoisotopic (exact) mass is 481 g/mol. The van der Waals surface area contributed by atoms with E-state index in [2.05, 4.69) is 10.0 Å². The van der Waals surface area contributed by atoms with Crippen LogP contribution in [0.2, 0.25) is 0 Å². The Hall–Kier alpha value is -2.72. The van der Waals surface area contributed by atoms with Crippen LogP contribution in [0.3, 0.4) is 0 Å². The minimum Gasteiger partial charge on any atom is -0.467 e. The SMILES string of the molecule is CCC(C)(C)NC(=O)[C@@H](C(C)C)N(Cc1ccco1)C(=O)CNS(=O)(=O)c1ccc(F)cc1. The highest BCUT2D eigenvalue weighted by Gasteiger charge is 2.35. The van der Waals surface area contributed by atoms with Gasteiger partial charge in [-0.05, 0) is 62.6 Å². The highest BCUT2D eigenvalue weighted by molar-refractivity contribution is 7.89. The quantitative estimate of drug-likeness (QED) is 0.513. The molecule has 0 spiro atoms. The summed E-state index contributed by atoms with van der Waals surface area (Å²) in [6.07, 6.45) is 2.15. The van der Waals surface area contributed by atoms with Crippen molar-refractivity contribution in [1.82, 2.24) is 14.9 Å². The Morgan fingerprint density at radius 1 is 1.15 bits per heavy atom. The first kappa shape index (κ1) is 26.5. The van der Waals surface area contributed by atoms with E-state index in [1.807, 2.05) is 34.6 Å². The number of nitrogens with one attached hydrogen (secondary N) is 2. The van der Waals surface area contributed by atoms with Crippen molar-refractivity contribution in [2.24, 2.45) is 5.92 Å². The molecule has 0 saturated heterocycles. The summed E-state index contributed by atoms with van der Waals surface area (Å²) in [4.78, 5) is 27.5. The van der Waals surface area contributed by atoms with Crippen molar-refractivity contribution in [3.63, 3.8) is 0 Å². The molecule has 1 aromatic heterocycles. The standard InChI is InChI=1S/C23H32FN3O5S/c1-6-23(4,5)26-22(29)21(16(2)3)27(15-18-8-7-13-32-18)20(28)14-25-33(30,31)19-11-9-17(24)10-12-19/h7-13,16,21,25H,6,14-15H2,1-5H3,(H,26,29)/t21-/m1/s1. The lowest BCUT2D eigenvalue weighted by molar-refractivity contribution is -0.143. The van der Waals surface area contributed by atoms with Crippen LogP contribution < -0.4 is 10.0 Å². The van der Waals surface area contributed by atoms with Crippen LogP contribution in [0.25, 0.3) is 0 Å². The molecule has 0 fully saturated rings. The van der Waals surface area contributed by atoms with Gasteiger partial charge < -0.3 is 14.6 Å². The van der Waals surface area contributed by atoms with E-state index < -0.39 is 39.9 Å². The van der Waals surface area contributed by atoms with Crippen LogP contribution in [0.15, 0.2) is 52.0 Å². The number of amides is 2. The van der Waals surface area contributed by atoms with E-state index in [0.29, 0.717) is 12.2 Å². The van der Waals surface area contributed by atoms with Gasteiger partial charge in [-0.25, -0.2) is 17.5 Å². The van der Waals surface area contributed by atoms with E-state index in [1.54, 1.807) is 12.1 Å². The molecule has 182 valence electrons. The van der Waals surface area contributed by atoms with Crippen LogP contribution >= 0.6 is 0 Å². The van der Waals surface area contributed by atoms with Crippen molar-refractivity contribution in [2.75, 3.05) is 6.54 Å². The van der Waals surface area contributed by atoms with E-state index in [1.165, 1.54) is 11.2 Å². The fraction of sp³-hybridized carbons (Fsp3) is 0.478. The lowest BCUT2D eigenvalue weighted by atomic mass is 9.97. The van der Waals surface area contributed by atoms with Gasteiger partial charge in [-0.3, -0.25) is 9.59 Å². The molecule has 2 rings (SSSR count). The minimum atomic E-state index is -4.05. The number of carbonyl (C=O) groups excluding carboxylic acids is 2. The average molecular weight is 482 g/mol. The van der Waals surface area contributed by atoms with Crippen molar-refractivity contribution in [3.8, 4) is 0 Å². The normalized spacial score (nSPS) is 13.1. The number of hydrogen-bond donors (Lipinski definition) is 2. The summed E-state index contributed by atoms with van der Waals surface area (Å²) in [5, 5.41) is 2.97. The van der Waals surface area contributed by atoms with Crippen LogP contribution in [-0.4, -0.2) is 43.3 Å². The van der Waals surface area contributed by atoms with Gasteiger partial charge >= 0.3 is 0 Å². The number of hydrogen-bond acceptors (Lipinski definition) is 5. The summed E-state index contributed by atoms with van der Waals surface area (Å²) in [5.74, 6) is -1.31. The predicted octanol–water partition coefficient (Wildman–Crippen LogP) is 3.06. The van der Waals surface area contributed by atoms with Crippen LogP contribution in [0, 0.1) is 11.7 Å². The molecule has 1 atom stereocenters. The van der Waals surface area contributed by atoms with Crippen LogP contribution in [0.5, 0.6) is 0 Å². The van der Waals surface area contributed by atoms with E-state index >= 15 is 0 Å². The summed E-state index contributed by atoms with van der Waals surface area (Å²) in [5.41, 5.74) is -0.478. The molecule has 1 aromatic carbocycles. The molecule has 0 unspecified atom stereocenters. The van der Waals surface area contributed by atoms with Crippen LogP contribution in [-0.2, 0) is 26.2 Å². The van der Waals surface area contributed by atoms with Gasteiger partial charge in [-0.15, -0.1) is 0 Å². The Bertz CT molecular complexity index is 1030. The van der Waals surface area contributed by atoms with Gasteiger partial charge in [0.25, 0.3) is 0 Å². The molecule has 0 saturated carbocycles. The van der Waals surface area contributed by atoms with E-state index in [4.69, 9.17) is 4.42 Å². The third-order valence-electron chi connectivity index (χ3n) is 5.35.